The first kappa shape index (κ1) is 19.3. The topological polar surface area (TPSA) is 115 Å². The molecule has 0 aliphatic heterocycles. The van der Waals surface area contributed by atoms with Crippen LogP contribution in [-0.4, -0.2) is 36.4 Å². The highest BCUT2D eigenvalue weighted by Crippen LogP contribution is 2.01. The lowest BCUT2D eigenvalue weighted by atomic mass is 10.1. The molecule has 8 heteroatoms. The number of rotatable bonds is 9. The number of carbonyl (C=O) groups is 2. The molecular weight excluding hydrogens is 300 g/mol. The van der Waals surface area contributed by atoms with Crippen molar-refractivity contribution in [3.05, 3.63) is 24.2 Å². The number of hydrogen-bond donors (Lipinski definition) is 3. The summed E-state index contributed by atoms with van der Waals surface area (Å²) in [7, 11) is 0. The number of furan rings is 1. The first-order chi connectivity index (χ1) is 9.59. The predicted molar refractivity (Wildman–Crippen MR) is 78.5 cm³/mol. The van der Waals surface area contributed by atoms with Gasteiger partial charge in [-0.15, -0.1) is 12.4 Å². The van der Waals surface area contributed by atoms with E-state index < -0.39 is 18.1 Å². The maximum Gasteiger partial charge on any atom is 0.407 e. The Labute approximate surface area is 129 Å². The van der Waals surface area contributed by atoms with E-state index in [9.17, 15) is 9.59 Å². The Morgan fingerprint density at radius 3 is 2.81 bits per heavy atom. The van der Waals surface area contributed by atoms with Crippen LogP contribution in [0.5, 0.6) is 0 Å². The number of carbonyl (C=O) groups excluding carboxylic acids is 1. The minimum absolute atomic E-state index is 0. The third-order valence-electron chi connectivity index (χ3n) is 2.69. The molecule has 0 unspecified atom stereocenters. The number of hydrogen-bond acceptors (Lipinski definition) is 5. The molecule has 21 heavy (non-hydrogen) atoms. The van der Waals surface area contributed by atoms with Crippen molar-refractivity contribution in [2.24, 2.45) is 5.73 Å². The maximum atomic E-state index is 11.3. The van der Waals surface area contributed by atoms with E-state index in [1.807, 2.05) is 6.07 Å². The summed E-state index contributed by atoms with van der Waals surface area (Å²) in [4.78, 5) is 21.8. The fourth-order valence-electron chi connectivity index (χ4n) is 1.55. The van der Waals surface area contributed by atoms with E-state index in [-0.39, 0.29) is 19.0 Å². The number of nitrogens with one attached hydrogen (secondary N) is 1. The van der Waals surface area contributed by atoms with Gasteiger partial charge in [0.25, 0.3) is 0 Å². The zero-order valence-corrected chi connectivity index (χ0v) is 12.4. The fraction of sp³-hybridized carbons (Fsp3) is 0.538. The van der Waals surface area contributed by atoms with Gasteiger partial charge < -0.3 is 25.3 Å². The van der Waals surface area contributed by atoms with Crippen LogP contribution in [0.4, 0.5) is 4.79 Å². The highest BCUT2D eigenvalue weighted by Gasteiger charge is 2.10. The molecule has 1 aromatic rings. The van der Waals surface area contributed by atoms with Crippen molar-refractivity contribution in [2.45, 2.75) is 31.7 Å². The van der Waals surface area contributed by atoms with Crippen LogP contribution in [0.25, 0.3) is 0 Å². The Bertz CT molecular complexity index is 411. The first-order valence-electron chi connectivity index (χ1n) is 6.51. The summed E-state index contributed by atoms with van der Waals surface area (Å²) >= 11 is 0. The summed E-state index contributed by atoms with van der Waals surface area (Å²) in [5, 5.41) is 11.2. The summed E-state index contributed by atoms with van der Waals surface area (Å²) in [5.41, 5.74) is 5.35. The SMILES string of the molecule is Cl.N[C@@H](CCCCNC(=O)OCCc1ccco1)C(=O)O. The molecule has 1 amide bonds. The number of halogens is 1. The number of alkyl carbamates (subject to hydrolysis) is 1. The first-order valence-corrected chi connectivity index (χ1v) is 6.51. The van der Waals surface area contributed by atoms with E-state index in [0.717, 1.165) is 5.76 Å². The van der Waals surface area contributed by atoms with Crippen LogP contribution in [0.15, 0.2) is 22.8 Å². The third-order valence-corrected chi connectivity index (χ3v) is 2.69. The average Bonchev–Trinajstić information content (AvgIpc) is 2.91. The number of carboxylic acids is 1. The van der Waals surface area contributed by atoms with Crippen molar-refractivity contribution in [1.29, 1.82) is 0 Å². The van der Waals surface area contributed by atoms with Crippen molar-refractivity contribution in [2.75, 3.05) is 13.2 Å². The van der Waals surface area contributed by atoms with Crippen molar-refractivity contribution >= 4 is 24.5 Å². The molecule has 0 aliphatic rings. The van der Waals surface area contributed by atoms with E-state index in [2.05, 4.69) is 5.32 Å². The van der Waals surface area contributed by atoms with E-state index >= 15 is 0 Å². The van der Waals surface area contributed by atoms with Gasteiger partial charge >= 0.3 is 12.1 Å². The van der Waals surface area contributed by atoms with Crippen molar-refractivity contribution in [3.8, 4) is 0 Å². The molecule has 1 rings (SSSR count). The summed E-state index contributed by atoms with van der Waals surface area (Å²) in [6, 6.07) is 2.75. The molecule has 0 saturated carbocycles. The zero-order chi connectivity index (χ0) is 14.8. The second-order valence-electron chi connectivity index (χ2n) is 4.33. The van der Waals surface area contributed by atoms with Crippen LogP contribution in [0.3, 0.4) is 0 Å². The molecule has 0 fully saturated rings. The van der Waals surface area contributed by atoms with Gasteiger partial charge in [0.2, 0.25) is 0 Å². The predicted octanol–water partition coefficient (Wildman–Crippen LogP) is 1.55. The molecule has 0 aliphatic carbocycles. The molecule has 1 atom stereocenters. The third kappa shape index (κ3) is 8.93. The van der Waals surface area contributed by atoms with E-state index in [1.165, 1.54) is 0 Å². The average molecular weight is 321 g/mol. The highest BCUT2D eigenvalue weighted by atomic mass is 35.5. The molecule has 0 radical (unpaired) electrons. The van der Waals surface area contributed by atoms with Gasteiger partial charge in [-0.1, -0.05) is 0 Å². The van der Waals surface area contributed by atoms with Crippen molar-refractivity contribution in [3.63, 3.8) is 0 Å². The van der Waals surface area contributed by atoms with Crippen molar-refractivity contribution < 1.29 is 23.8 Å². The number of carboxylic acid groups (broad SMARTS) is 1. The monoisotopic (exact) mass is 320 g/mol. The Kier molecular flexibility index (Phi) is 10.1. The molecule has 1 heterocycles. The second kappa shape index (κ2) is 11.0. The number of unbranched alkanes of at least 4 members (excludes halogenated alkanes) is 1. The van der Waals surface area contributed by atoms with Gasteiger partial charge in [0.1, 0.15) is 18.4 Å². The van der Waals surface area contributed by atoms with E-state index in [4.69, 9.17) is 20.0 Å². The Morgan fingerprint density at radius 1 is 1.43 bits per heavy atom. The van der Waals surface area contributed by atoms with Gasteiger partial charge in [0.15, 0.2) is 0 Å². The normalized spacial score (nSPS) is 11.3. The minimum Gasteiger partial charge on any atom is -0.480 e. The fourth-order valence-corrected chi connectivity index (χ4v) is 1.55. The smallest absolute Gasteiger partial charge is 0.407 e. The van der Waals surface area contributed by atoms with Gasteiger partial charge in [-0.3, -0.25) is 4.79 Å². The Balaban J connectivity index is 0.00000400. The maximum absolute atomic E-state index is 11.3. The number of nitrogens with two attached hydrogens (primary N) is 1. The highest BCUT2D eigenvalue weighted by molar-refractivity contribution is 5.85. The standard InChI is InChI=1S/C13H20N2O5.ClH/c14-11(12(16)17)5-1-2-7-15-13(18)20-9-6-10-4-3-8-19-10;/h3-4,8,11H,1-2,5-7,9,14H2,(H,15,18)(H,16,17);1H/t11-;/m0./s1. The molecule has 7 nitrogen and oxygen atoms in total. The molecule has 0 aromatic carbocycles. The van der Waals surface area contributed by atoms with Crippen LogP contribution >= 0.6 is 12.4 Å². The van der Waals surface area contributed by atoms with Gasteiger partial charge in [0, 0.05) is 13.0 Å². The molecule has 0 spiro atoms. The van der Waals surface area contributed by atoms with Gasteiger partial charge in [-0.25, -0.2) is 4.79 Å². The molecular formula is C13H21ClN2O5. The van der Waals surface area contributed by atoms with Crippen LogP contribution in [0.2, 0.25) is 0 Å². The van der Waals surface area contributed by atoms with E-state index in [1.54, 1.807) is 12.3 Å². The number of aliphatic carboxylic acids is 1. The van der Waals surface area contributed by atoms with Crippen molar-refractivity contribution in [1.82, 2.24) is 5.32 Å². The summed E-state index contributed by atoms with van der Waals surface area (Å²) in [5.74, 6) is -0.240. The summed E-state index contributed by atoms with van der Waals surface area (Å²) in [6.07, 6.45) is 3.31. The van der Waals surface area contributed by atoms with Gasteiger partial charge in [-0.05, 0) is 31.4 Å². The van der Waals surface area contributed by atoms with E-state index in [0.29, 0.717) is 32.2 Å². The summed E-state index contributed by atoms with van der Waals surface area (Å²) < 4.78 is 10.1. The zero-order valence-electron chi connectivity index (χ0n) is 11.6. The lowest BCUT2D eigenvalue weighted by Crippen LogP contribution is -2.30. The minimum atomic E-state index is -1.00. The summed E-state index contributed by atoms with van der Waals surface area (Å²) in [6.45, 7) is 0.690. The largest absolute Gasteiger partial charge is 0.480 e. The Hall–Kier alpha value is -1.73. The molecule has 4 N–H and O–H groups in total. The van der Waals surface area contributed by atoms with Crippen LogP contribution in [0, 0.1) is 0 Å². The van der Waals surface area contributed by atoms with Crippen LogP contribution in [0.1, 0.15) is 25.0 Å². The van der Waals surface area contributed by atoms with Crippen LogP contribution < -0.4 is 11.1 Å². The van der Waals surface area contributed by atoms with Gasteiger partial charge in [0.05, 0.1) is 6.26 Å². The lowest BCUT2D eigenvalue weighted by Gasteiger charge is -2.07. The second-order valence-corrected chi connectivity index (χ2v) is 4.33. The molecule has 120 valence electrons. The Morgan fingerprint density at radius 2 is 2.19 bits per heavy atom. The molecule has 0 saturated heterocycles. The van der Waals surface area contributed by atoms with Crippen LogP contribution in [-0.2, 0) is 16.0 Å². The molecule has 0 bridgehead atoms. The molecule has 1 aromatic heterocycles. The quantitative estimate of drug-likeness (QED) is 0.595. The number of ether oxygens (including phenoxy) is 1. The van der Waals surface area contributed by atoms with Gasteiger partial charge in [-0.2, -0.15) is 0 Å². The lowest BCUT2D eigenvalue weighted by molar-refractivity contribution is -0.138. The number of amides is 1.